The number of fused-ring (bicyclic) bond motifs is 4. The summed E-state index contributed by atoms with van der Waals surface area (Å²) in [7, 11) is -4.53. The molecule has 0 saturated carbocycles. The van der Waals surface area contributed by atoms with Crippen molar-refractivity contribution in [3.8, 4) is 0 Å². The molecule has 6 aliphatic heterocycles. The third kappa shape index (κ3) is 6.12. The monoisotopic (exact) mass is 576 g/mol. The third-order valence-corrected chi connectivity index (χ3v) is 11.7. The first kappa shape index (κ1) is 29.8. The molecule has 0 aromatic heterocycles. The van der Waals surface area contributed by atoms with Crippen LogP contribution in [0.5, 0.6) is 0 Å². The molecule has 4 bridgehead atoms. The summed E-state index contributed by atoms with van der Waals surface area (Å²) in [5.74, 6) is 0. The maximum absolute atomic E-state index is 11.5. The molecule has 0 aromatic rings. The number of halogens is 2. The van der Waals surface area contributed by atoms with Gasteiger partial charge in [0.1, 0.15) is 0 Å². The van der Waals surface area contributed by atoms with E-state index in [1.54, 1.807) is 0 Å². The molecule has 6 fully saturated rings. The Hall–Kier alpha value is 0.240. The van der Waals surface area contributed by atoms with E-state index in [0.717, 1.165) is 77.5 Å². The van der Waals surface area contributed by atoms with Crippen molar-refractivity contribution in [1.29, 1.82) is 0 Å². The second-order valence-corrected chi connectivity index (χ2v) is 14.9. The second-order valence-electron chi connectivity index (χ2n) is 11.2. The Morgan fingerprint density at radius 2 is 0.971 bits per heavy atom. The van der Waals surface area contributed by atoms with E-state index in [0.29, 0.717) is 36.3 Å². The zero-order chi connectivity index (χ0) is 23.5. The summed E-state index contributed by atoms with van der Waals surface area (Å²) in [5.41, 5.74) is 0. The van der Waals surface area contributed by atoms with Gasteiger partial charge in [-0.05, 0) is 58.4 Å². The number of likely N-dealkylation sites (N-methyl/N-ethyl adjacent to an activating group) is 1. The van der Waals surface area contributed by atoms with Gasteiger partial charge < -0.3 is 10.2 Å². The number of hydrogen-bond acceptors (Lipinski definition) is 8. The lowest BCUT2D eigenvalue weighted by molar-refractivity contribution is 0.000564. The highest BCUT2D eigenvalue weighted by atomic mass is 35.5. The molecule has 6 heterocycles. The number of rotatable bonds is 4. The quantitative estimate of drug-likeness (QED) is 0.413. The van der Waals surface area contributed by atoms with Crippen molar-refractivity contribution in [2.24, 2.45) is 10.3 Å². The highest BCUT2D eigenvalue weighted by Gasteiger charge is 2.49. The van der Waals surface area contributed by atoms with Crippen LogP contribution in [0, 0.1) is 0 Å². The zero-order valence-electron chi connectivity index (χ0n) is 20.4. The molecule has 0 radical (unpaired) electrons. The summed E-state index contributed by atoms with van der Waals surface area (Å²) >= 11 is 0. The average molecular weight is 578 g/mol. The van der Waals surface area contributed by atoms with E-state index in [2.05, 4.69) is 27.1 Å². The fourth-order valence-electron chi connectivity index (χ4n) is 7.39. The van der Waals surface area contributed by atoms with Crippen LogP contribution in [0.3, 0.4) is 0 Å². The van der Waals surface area contributed by atoms with Gasteiger partial charge in [-0.25, -0.2) is 27.1 Å². The van der Waals surface area contributed by atoms with Gasteiger partial charge in [-0.15, -0.1) is 24.8 Å². The summed E-state index contributed by atoms with van der Waals surface area (Å²) < 4.78 is 45.8. The molecule has 35 heavy (non-hydrogen) atoms. The first-order valence-electron chi connectivity index (χ1n) is 12.5. The Morgan fingerprint density at radius 1 is 0.629 bits per heavy atom. The lowest BCUT2D eigenvalue weighted by atomic mass is 9.96. The van der Waals surface area contributed by atoms with E-state index in [-0.39, 0.29) is 35.3 Å². The molecule has 14 heteroatoms. The van der Waals surface area contributed by atoms with Crippen molar-refractivity contribution in [2.45, 2.75) is 98.1 Å². The van der Waals surface area contributed by atoms with Gasteiger partial charge in [-0.3, -0.25) is 9.80 Å². The highest BCUT2D eigenvalue weighted by Crippen LogP contribution is 2.41. The largest absolute Gasteiger partial charge is 0.314 e. The number of primary sulfonamides is 2. The van der Waals surface area contributed by atoms with E-state index in [4.69, 9.17) is 10.3 Å². The van der Waals surface area contributed by atoms with Crippen molar-refractivity contribution < 1.29 is 16.8 Å². The number of likely N-dealkylation sites (tertiary alicyclic amines) is 1. The summed E-state index contributed by atoms with van der Waals surface area (Å²) in [6, 6.07) is 3.10. The highest BCUT2D eigenvalue weighted by molar-refractivity contribution is 7.90. The molecule has 0 aliphatic carbocycles. The minimum atomic E-state index is -3.34. The number of hydrogen-bond donors (Lipinski definition) is 3. The third-order valence-electron chi connectivity index (χ3n) is 9.07. The second kappa shape index (κ2) is 11.2. The predicted octanol–water partition coefficient (Wildman–Crippen LogP) is -0.330. The summed E-state index contributed by atoms with van der Waals surface area (Å²) in [5, 5.41) is 13.3. The van der Waals surface area contributed by atoms with Gasteiger partial charge in [0.25, 0.3) is 0 Å². The van der Waals surface area contributed by atoms with Crippen LogP contribution in [0.1, 0.15) is 51.4 Å². The summed E-state index contributed by atoms with van der Waals surface area (Å²) in [4.78, 5) is 7.45. The van der Waals surface area contributed by atoms with Gasteiger partial charge in [0, 0.05) is 62.4 Å². The first-order chi connectivity index (χ1) is 15.5. The molecule has 6 aliphatic rings. The molecule has 10 nitrogen and oxygen atoms in total. The lowest BCUT2D eigenvalue weighted by Gasteiger charge is -2.49. The van der Waals surface area contributed by atoms with E-state index in [1.807, 2.05) is 0 Å². The molecule has 6 saturated heterocycles. The number of piperidine rings is 2. The topological polar surface area (TPSA) is 142 Å². The van der Waals surface area contributed by atoms with Crippen LogP contribution < -0.4 is 15.6 Å². The average Bonchev–Trinajstić information content (AvgIpc) is 3.03. The maximum Gasteiger partial charge on any atom is 0.212 e. The van der Waals surface area contributed by atoms with Gasteiger partial charge in [0.05, 0.1) is 10.5 Å². The fraction of sp³-hybridized carbons (Fsp3) is 1.00. The van der Waals surface area contributed by atoms with Crippen molar-refractivity contribution in [2.75, 3.05) is 33.2 Å². The number of sulfonamides is 2. The molecule has 2 unspecified atom stereocenters. The molecule has 0 amide bonds. The Morgan fingerprint density at radius 3 is 1.23 bits per heavy atom. The zero-order valence-corrected chi connectivity index (χ0v) is 23.6. The van der Waals surface area contributed by atoms with Crippen molar-refractivity contribution in [3.63, 3.8) is 0 Å². The van der Waals surface area contributed by atoms with Crippen LogP contribution in [0.2, 0.25) is 0 Å². The van der Waals surface area contributed by atoms with Crippen LogP contribution in [-0.4, -0.2) is 112 Å². The van der Waals surface area contributed by atoms with Crippen LogP contribution >= 0.6 is 24.8 Å². The van der Waals surface area contributed by atoms with E-state index in [9.17, 15) is 16.8 Å². The normalized spacial score (nSPS) is 38.4. The van der Waals surface area contributed by atoms with E-state index in [1.165, 1.54) is 0 Å². The van der Waals surface area contributed by atoms with Crippen molar-refractivity contribution >= 4 is 44.9 Å². The maximum atomic E-state index is 11.5. The number of nitrogens with one attached hydrogen (secondary N) is 1. The number of nitrogens with zero attached hydrogens (tertiary/aromatic N) is 3. The summed E-state index contributed by atoms with van der Waals surface area (Å²) in [6.07, 6.45) is 7.57. The molecular formula is C21H42Cl2N6O4S2. The Labute approximate surface area is 222 Å². The first-order valence-corrected chi connectivity index (χ1v) is 15.7. The Bertz CT molecular complexity index is 919. The smallest absolute Gasteiger partial charge is 0.212 e. The van der Waals surface area contributed by atoms with Gasteiger partial charge in [0.2, 0.25) is 20.0 Å². The Kier molecular flexibility index (Phi) is 9.49. The van der Waals surface area contributed by atoms with Gasteiger partial charge in [-0.2, -0.15) is 0 Å². The molecule has 0 spiro atoms. The standard InChI is InChI=1S/C11H21N3O2S.C10H19N3O2S.2ClH/c1-13-6-10(7-13)14-8-2-3-9(14)5-11(4-8)17(12,15)16;11-16(14,15)10-3-7-1-2-8(4-10)13(7)9-5-12-6-9;;/h8-11H,2-7H2,1H3,(H2,12,15,16);7-10,12H,1-6H2,(H2,11,14,15);2*1H/t8-,9+,11?;7-,8+,10?;;. The van der Waals surface area contributed by atoms with Crippen LogP contribution in [-0.2, 0) is 20.0 Å². The lowest BCUT2D eigenvalue weighted by Crippen LogP contribution is -2.63. The molecule has 5 N–H and O–H groups in total. The molecule has 206 valence electrons. The minimum absolute atomic E-state index is 0. The predicted molar refractivity (Wildman–Crippen MR) is 142 cm³/mol. The molecule has 6 atom stereocenters. The van der Waals surface area contributed by atoms with Gasteiger partial charge >= 0.3 is 0 Å². The van der Waals surface area contributed by atoms with Crippen LogP contribution in [0.4, 0.5) is 0 Å². The van der Waals surface area contributed by atoms with E-state index < -0.39 is 20.0 Å². The summed E-state index contributed by atoms with van der Waals surface area (Å²) in [6.45, 7) is 4.39. The SMILES string of the molecule is CN1CC(N2[C@@H]3CC[C@H]2CC(S(N)(=O)=O)C3)C1.Cl.Cl.NS(=O)(=O)C1C[C@H]2CC[C@@H](C1)N2C1CNC1. The molecule has 6 rings (SSSR count). The van der Waals surface area contributed by atoms with Crippen molar-refractivity contribution in [3.05, 3.63) is 0 Å². The Balaban J connectivity index is 0.000000185. The number of nitrogens with two attached hydrogens (primary N) is 2. The van der Waals surface area contributed by atoms with Gasteiger partial charge in [0.15, 0.2) is 0 Å². The van der Waals surface area contributed by atoms with E-state index >= 15 is 0 Å². The van der Waals surface area contributed by atoms with Crippen LogP contribution in [0.25, 0.3) is 0 Å². The fourth-order valence-corrected chi connectivity index (χ4v) is 9.36. The minimum Gasteiger partial charge on any atom is -0.314 e. The van der Waals surface area contributed by atoms with Gasteiger partial charge in [-0.1, -0.05) is 0 Å². The molecule has 0 aromatic carbocycles. The van der Waals surface area contributed by atoms with Crippen LogP contribution in [0.15, 0.2) is 0 Å². The van der Waals surface area contributed by atoms with Crippen molar-refractivity contribution in [1.82, 2.24) is 20.0 Å². The molecular weight excluding hydrogens is 535 g/mol.